The predicted molar refractivity (Wildman–Crippen MR) is 77.9 cm³/mol. The van der Waals surface area contributed by atoms with Gasteiger partial charge < -0.3 is 15.4 Å². The van der Waals surface area contributed by atoms with Crippen LogP contribution in [0, 0.1) is 0 Å². The Balaban J connectivity index is 1.83. The van der Waals surface area contributed by atoms with Gasteiger partial charge in [-0.15, -0.1) is 0 Å². The molecular formula is C14H21BrN2O. The minimum atomic E-state index is 0.0365. The topological polar surface area (TPSA) is 38.5 Å². The molecule has 1 aromatic rings. The first-order chi connectivity index (χ1) is 8.58. The summed E-state index contributed by atoms with van der Waals surface area (Å²) in [4.78, 5) is 2.37. The Morgan fingerprint density at radius 3 is 2.78 bits per heavy atom. The highest BCUT2D eigenvalue weighted by atomic mass is 79.9. The Hall–Kier alpha value is -0.580. The molecule has 4 heteroatoms. The van der Waals surface area contributed by atoms with Crippen molar-refractivity contribution in [3.8, 4) is 5.75 Å². The lowest BCUT2D eigenvalue weighted by Crippen LogP contribution is -2.26. The second kappa shape index (κ2) is 6.04. The van der Waals surface area contributed by atoms with Crippen molar-refractivity contribution in [3.05, 3.63) is 28.2 Å². The number of nitrogens with two attached hydrogens (primary N) is 1. The largest absolute Gasteiger partial charge is 0.492 e. The molecule has 0 heterocycles. The molecule has 0 spiro atoms. The molecule has 2 rings (SSSR count). The molecule has 1 aromatic carbocycles. The van der Waals surface area contributed by atoms with E-state index in [9.17, 15) is 0 Å². The van der Waals surface area contributed by atoms with Gasteiger partial charge in [-0.25, -0.2) is 0 Å². The molecule has 0 bridgehead atoms. The summed E-state index contributed by atoms with van der Waals surface area (Å²) in [5.41, 5.74) is 6.98. The zero-order valence-electron chi connectivity index (χ0n) is 11.0. The summed E-state index contributed by atoms with van der Waals surface area (Å²) in [6.07, 6.45) is 2.68. The zero-order valence-corrected chi connectivity index (χ0v) is 12.6. The molecule has 0 amide bonds. The maximum atomic E-state index is 5.87. The summed E-state index contributed by atoms with van der Waals surface area (Å²) < 4.78 is 6.78. The van der Waals surface area contributed by atoms with Crippen LogP contribution < -0.4 is 10.5 Å². The van der Waals surface area contributed by atoms with Crippen molar-refractivity contribution in [3.63, 3.8) is 0 Å². The molecule has 0 aliphatic heterocycles. The number of halogens is 1. The van der Waals surface area contributed by atoms with Crippen molar-refractivity contribution in [2.24, 2.45) is 5.73 Å². The molecule has 0 unspecified atom stereocenters. The molecule has 1 fully saturated rings. The van der Waals surface area contributed by atoms with E-state index in [1.807, 2.05) is 25.1 Å². The molecule has 1 aliphatic rings. The molecule has 0 saturated heterocycles. The summed E-state index contributed by atoms with van der Waals surface area (Å²) in [5.74, 6) is 0.899. The fraction of sp³-hybridized carbons (Fsp3) is 0.571. The van der Waals surface area contributed by atoms with Gasteiger partial charge in [0.15, 0.2) is 0 Å². The van der Waals surface area contributed by atoms with Crippen LogP contribution in [-0.2, 0) is 0 Å². The van der Waals surface area contributed by atoms with Crippen LogP contribution in [0.25, 0.3) is 0 Å². The molecule has 3 nitrogen and oxygen atoms in total. The quantitative estimate of drug-likeness (QED) is 0.877. The van der Waals surface area contributed by atoms with Crippen molar-refractivity contribution in [1.29, 1.82) is 0 Å². The van der Waals surface area contributed by atoms with Crippen LogP contribution in [0.15, 0.2) is 22.7 Å². The van der Waals surface area contributed by atoms with Crippen molar-refractivity contribution < 1.29 is 4.74 Å². The monoisotopic (exact) mass is 312 g/mol. The third-order valence-corrected chi connectivity index (χ3v) is 4.03. The second-order valence-corrected chi connectivity index (χ2v) is 5.89. The van der Waals surface area contributed by atoms with Crippen LogP contribution in [0.4, 0.5) is 0 Å². The van der Waals surface area contributed by atoms with Crippen LogP contribution in [0.2, 0.25) is 0 Å². The van der Waals surface area contributed by atoms with Crippen LogP contribution >= 0.6 is 15.9 Å². The maximum Gasteiger partial charge on any atom is 0.120 e. The van der Waals surface area contributed by atoms with E-state index in [0.29, 0.717) is 0 Å². The van der Waals surface area contributed by atoms with E-state index >= 15 is 0 Å². The summed E-state index contributed by atoms with van der Waals surface area (Å²) >= 11 is 3.53. The van der Waals surface area contributed by atoms with E-state index in [1.165, 1.54) is 12.8 Å². The minimum Gasteiger partial charge on any atom is -0.492 e. The number of hydrogen-bond acceptors (Lipinski definition) is 3. The first-order valence-corrected chi connectivity index (χ1v) is 7.25. The summed E-state index contributed by atoms with van der Waals surface area (Å²) in [6, 6.07) is 6.83. The van der Waals surface area contributed by atoms with Crippen LogP contribution in [-0.4, -0.2) is 31.1 Å². The molecule has 100 valence electrons. The van der Waals surface area contributed by atoms with E-state index in [2.05, 4.69) is 27.9 Å². The van der Waals surface area contributed by atoms with Crippen LogP contribution in [0.3, 0.4) is 0 Å². The molecule has 1 atom stereocenters. The van der Waals surface area contributed by atoms with Gasteiger partial charge in [-0.2, -0.15) is 0 Å². The van der Waals surface area contributed by atoms with Gasteiger partial charge in [-0.1, -0.05) is 22.0 Å². The minimum absolute atomic E-state index is 0.0365. The highest BCUT2D eigenvalue weighted by molar-refractivity contribution is 9.10. The van der Waals surface area contributed by atoms with Crippen LogP contribution in [0.5, 0.6) is 5.75 Å². The number of nitrogens with zero attached hydrogens (tertiary/aromatic N) is 1. The van der Waals surface area contributed by atoms with E-state index in [1.54, 1.807) is 0 Å². The van der Waals surface area contributed by atoms with Gasteiger partial charge in [0.1, 0.15) is 12.4 Å². The fourth-order valence-electron chi connectivity index (χ4n) is 1.97. The number of rotatable bonds is 6. The standard InChI is InChI=1S/C14H21BrN2O/c1-10(16)13-6-5-12(9-14(13)15)18-8-7-17(2)11-3-4-11/h5-6,9-11H,3-4,7-8,16H2,1-2H3/t10-/m1/s1. The lowest BCUT2D eigenvalue weighted by Gasteiger charge is -2.16. The number of likely N-dealkylation sites (N-methyl/N-ethyl adjacent to an activating group) is 1. The lowest BCUT2D eigenvalue weighted by molar-refractivity contribution is 0.232. The van der Waals surface area contributed by atoms with Gasteiger partial charge in [-0.05, 0) is 44.5 Å². The smallest absolute Gasteiger partial charge is 0.120 e. The van der Waals surface area contributed by atoms with Gasteiger partial charge in [0.25, 0.3) is 0 Å². The molecule has 2 N–H and O–H groups in total. The van der Waals surface area contributed by atoms with Crippen molar-refractivity contribution in [2.75, 3.05) is 20.2 Å². The summed E-state index contributed by atoms with van der Waals surface area (Å²) in [7, 11) is 2.16. The van der Waals surface area contributed by atoms with Gasteiger partial charge in [0, 0.05) is 23.1 Å². The van der Waals surface area contributed by atoms with Gasteiger partial charge in [0.05, 0.1) is 0 Å². The molecular weight excluding hydrogens is 292 g/mol. The van der Waals surface area contributed by atoms with E-state index < -0.39 is 0 Å². The predicted octanol–water partition coefficient (Wildman–Crippen LogP) is 2.94. The SMILES string of the molecule is C[C@@H](N)c1ccc(OCCN(C)C2CC2)cc1Br. The normalized spacial score (nSPS) is 16.9. The highest BCUT2D eigenvalue weighted by Gasteiger charge is 2.25. The zero-order chi connectivity index (χ0) is 13.1. The first kappa shape index (κ1) is 13.8. The number of ether oxygens (including phenoxy) is 1. The highest BCUT2D eigenvalue weighted by Crippen LogP contribution is 2.27. The average Bonchev–Trinajstić information content (AvgIpc) is 3.12. The lowest BCUT2D eigenvalue weighted by atomic mass is 10.1. The Morgan fingerprint density at radius 1 is 1.50 bits per heavy atom. The van der Waals surface area contributed by atoms with E-state index in [-0.39, 0.29) is 6.04 Å². The van der Waals surface area contributed by atoms with E-state index in [0.717, 1.165) is 35.0 Å². The second-order valence-electron chi connectivity index (χ2n) is 5.03. The van der Waals surface area contributed by atoms with Crippen molar-refractivity contribution >= 4 is 15.9 Å². The molecule has 1 aliphatic carbocycles. The van der Waals surface area contributed by atoms with E-state index in [4.69, 9.17) is 10.5 Å². The average molecular weight is 313 g/mol. The Labute approximate surface area is 117 Å². The molecule has 0 radical (unpaired) electrons. The summed E-state index contributed by atoms with van der Waals surface area (Å²) in [6.45, 7) is 3.69. The number of hydrogen-bond donors (Lipinski definition) is 1. The Kier molecular flexibility index (Phi) is 4.65. The fourth-order valence-corrected chi connectivity index (χ4v) is 2.69. The summed E-state index contributed by atoms with van der Waals surface area (Å²) in [5, 5.41) is 0. The van der Waals surface area contributed by atoms with Crippen molar-refractivity contribution in [1.82, 2.24) is 4.90 Å². The van der Waals surface area contributed by atoms with Gasteiger partial charge in [0.2, 0.25) is 0 Å². The van der Waals surface area contributed by atoms with Gasteiger partial charge >= 0.3 is 0 Å². The van der Waals surface area contributed by atoms with Gasteiger partial charge in [-0.3, -0.25) is 0 Å². The third-order valence-electron chi connectivity index (χ3n) is 3.35. The Morgan fingerprint density at radius 2 is 2.22 bits per heavy atom. The molecule has 0 aromatic heterocycles. The van der Waals surface area contributed by atoms with Crippen LogP contribution in [0.1, 0.15) is 31.4 Å². The molecule has 1 saturated carbocycles. The molecule has 18 heavy (non-hydrogen) atoms. The first-order valence-electron chi connectivity index (χ1n) is 6.46. The number of benzene rings is 1. The third kappa shape index (κ3) is 3.70. The maximum absolute atomic E-state index is 5.87. The van der Waals surface area contributed by atoms with Crippen molar-refractivity contribution in [2.45, 2.75) is 31.8 Å². The Bertz CT molecular complexity index is 405.